The van der Waals surface area contributed by atoms with Crippen LogP contribution in [-0.2, 0) is 14.8 Å². The van der Waals surface area contributed by atoms with E-state index in [9.17, 15) is 23.4 Å². The topological polar surface area (TPSA) is 94.9 Å². The molecule has 2 unspecified atom stereocenters. The molecule has 0 saturated carbocycles. The summed E-state index contributed by atoms with van der Waals surface area (Å²) in [7, 11) is -3.95. The first-order valence-electron chi connectivity index (χ1n) is 6.60. The first-order valence-corrected chi connectivity index (χ1v) is 8.42. The monoisotopic (exact) mass is 345 g/mol. The van der Waals surface area contributed by atoms with E-state index < -0.39 is 28.7 Å². The van der Waals surface area contributed by atoms with Crippen molar-refractivity contribution in [1.82, 2.24) is 4.31 Å². The van der Waals surface area contributed by atoms with Gasteiger partial charge in [-0.05, 0) is 31.2 Å². The summed E-state index contributed by atoms with van der Waals surface area (Å²) < 4.78 is 26.7. The molecule has 0 aliphatic carbocycles. The number of sulfonamides is 1. The maximum absolute atomic E-state index is 12.8. The number of rotatable bonds is 3. The minimum atomic E-state index is -3.95. The van der Waals surface area contributed by atoms with Crippen LogP contribution in [0.25, 0.3) is 0 Å². The maximum Gasteiger partial charge on any atom is 0.243 e. The van der Waals surface area contributed by atoms with Gasteiger partial charge in [0.05, 0.1) is 23.8 Å². The highest BCUT2D eigenvalue weighted by molar-refractivity contribution is 7.89. The Morgan fingerprint density at radius 2 is 1.95 bits per heavy atom. The van der Waals surface area contributed by atoms with Crippen molar-refractivity contribution in [3.05, 3.63) is 41.1 Å². The van der Waals surface area contributed by atoms with Crippen molar-refractivity contribution in [3.8, 4) is 0 Å². The number of hydrogen-bond acceptors (Lipinski definition) is 5. The summed E-state index contributed by atoms with van der Waals surface area (Å²) in [4.78, 5) is 11.9. The number of carbonyl (C=O) groups excluding carboxylic acids is 1. The molecule has 1 aliphatic rings. The number of carbonyl (C=O) groups is 1. The van der Waals surface area contributed by atoms with Gasteiger partial charge in [0.25, 0.3) is 0 Å². The van der Waals surface area contributed by atoms with Gasteiger partial charge in [-0.3, -0.25) is 4.79 Å². The summed E-state index contributed by atoms with van der Waals surface area (Å²) in [6.07, 6.45) is 0.509. The lowest BCUT2D eigenvalue weighted by Crippen LogP contribution is -2.54. The van der Waals surface area contributed by atoms with Gasteiger partial charge >= 0.3 is 0 Å². The average molecular weight is 346 g/mol. The minimum Gasteiger partial charge on any atom is -0.515 e. The Labute approximate surface area is 133 Å². The lowest BCUT2D eigenvalue weighted by atomic mass is 9.94. The molecule has 0 bridgehead atoms. The Balaban J connectivity index is 2.51. The molecule has 0 radical (unpaired) electrons. The van der Waals surface area contributed by atoms with Crippen molar-refractivity contribution in [2.45, 2.75) is 30.3 Å². The van der Waals surface area contributed by atoms with Gasteiger partial charge in [0.15, 0.2) is 5.78 Å². The van der Waals surface area contributed by atoms with Gasteiger partial charge in [-0.1, -0.05) is 11.6 Å². The Morgan fingerprint density at radius 1 is 1.36 bits per heavy atom. The summed E-state index contributed by atoms with van der Waals surface area (Å²) in [5, 5.41) is 19.1. The molecule has 22 heavy (non-hydrogen) atoms. The molecule has 8 heteroatoms. The third-order valence-electron chi connectivity index (χ3n) is 3.60. The van der Waals surface area contributed by atoms with E-state index in [1.54, 1.807) is 6.92 Å². The Morgan fingerprint density at radius 3 is 2.45 bits per heavy atom. The zero-order valence-corrected chi connectivity index (χ0v) is 13.4. The van der Waals surface area contributed by atoms with Crippen molar-refractivity contribution in [2.75, 3.05) is 6.61 Å². The van der Waals surface area contributed by atoms with Crippen molar-refractivity contribution in [3.63, 3.8) is 0 Å². The van der Waals surface area contributed by atoms with Crippen molar-refractivity contribution in [1.29, 1.82) is 0 Å². The van der Waals surface area contributed by atoms with E-state index in [-0.39, 0.29) is 22.7 Å². The normalized spacial score (nSPS) is 25.6. The quantitative estimate of drug-likeness (QED) is 0.639. The van der Waals surface area contributed by atoms with Crippen LogP contribution in [0.15, 0.2) is 41.0 Å². The molecule has 2 N–H and O–H groups in total. The molecule has 1 saturated heterocycles. The summed E-state index contributed by atoms with van der Waals surface area (Å²) in [6.45, 7) is 0.984. The number of nitrogens with zero attached hydrogens (tertiary/aromatic N) is 1. The van der Waals surface area contributed by atoms with E-state index in [1.807, 2.05) is 0 Å². The van der Waals surface area contributed by atoms with Gasteiger partial charge in [-0.2, -0.15) is 4.31 Å². The van der Waals surface area contributed by atoms with E-state index in [2.05, 4.69) is 0 Å². The molecule has 1 aliphatic heterocycles. The number of halogens is 1. The zero-order chi connectivity index (χ0) is 16.5. The van der Waals surface area contributed by atoms with Crippen molar-refractivity contribution >= 4 is 27.4 Å². The lowest BCUT2D eigenvalue weighted by Gasteiger charge is -2.38. The molecule has 2 rings (SSSR count). The number of piperidine rings is 1. The van der Waals surface area contributed by atoms with Crippen LogP contribution >= 0.6 is 11.6 Å². The summed E-state index contributed by atoms with van der Waals surface area (Å²) in [5.41, 5.74) is -0.113. The highest BCUT2D eigenvalue weighted by atomic mass is 35.5. The predicted octanol–water partition coefficient (Wildman–Crippen LogP) is 1.49. The molecule has 2 atom stereocenters. The average Bonchev–Trinajstić information content (AvgIpc) is 2.46. The number of Topliss-reactive ketones (excluding diaryl/α,β-unsaturated/α-hetero) is 1. The Kier molecular flexibility index (Phi) is 4.91. The zero-order valence-electron chi connectivity index (χ0n) is 11.8. The van der Waals surface area contributed by atoms with Crippen molar-refractivity contribution < 1.29 is 23.4 Å². The van der Waals surface area contributed by atoms with E-state index in [1.165, 1.54) is 24.3 Å². The van der Waals surface area contributed by atoms with Gasteiger partial charge < -0.3 is 10.2 Å². The number of ketones is 1. The van der Waals surface area contributed by atoms with Crippen LogP contribution in [0, 0.1) is 0 Å². The second-order valence-electron chi connectivity index (χ2n) is 5.05. The summed E-state index contributed by atoms with van der Waals surface area (Å²) in [6, 6.07) is 3.88. The molecular weight excluding hydrogens is 330 g/mol. The molecule has 0 spiro atoms. The van der Waals surface area contributed by atoms with Crippen LogP contribution in [-0.4, -0.2) is 47.4 Å². The molecule has 1 heterocycles. The molecular formula is C14H16ClNO5S. The molecule has 6 nitrogen and oxygen atoms in total. The fourth-order valence-electron chi connectivity index (χ4n) is 2.58. The number of benzene rings is 1. The van der Waals surface area contributed by atoms with Gasteiger partial charge in [0, 0.05) is 23.1 Å². The molecule has 120 valence electrons. The summed E-state index contributed by atoms with van der Waals surface area (Å²) >= 11 is 5.76. The van der Waals surface area contributed by atoms with Crippen molar-refractivity contribution in [2.24, 2.45) is 0 Å². The van der Waals surface area contributed by atoms with Crippen LogP contribution < -0.4 is 0 Å². The molecule has 1 aromatic carbocycles. The van der Waals surface area contributed by atoms with Crippen LogP contribution in [0.4, 0.5) is 0 Å². The highest BCUT2D eigenvalue weighted by Gasteiger charge is 2.43. The van der Waals surface area contributed by atoms with Crippen LogP contribution in [0.2, 0.25) is 5.02 Å². The van der Waals surface area contributed by atoms with Crippen LogP contribution in [0.3, 0.4) is 0 Å². The predicted molar refractivity (Wildman–Crippen MR) is 81.1 cm³/mol. The fourth-order valence-corrected chi connectivity index (χ4v) is 4.49. The largest absolute Gasteiger partial charge is 0.515 e. The van der Waals surface area contributed by atoms with Gasteiger partial charge in [-0.15, -0.1) is 0 Å². The third-order valence-corrected chi connectivity index (χ3v) is 5.89. The Bertz CT molecular complexity index is 698. The van der Waals surface area contributed by atoms with Gasteiger partial charge in [0.1, 0.15) is 0 Å². The van der Waals surface area contributed by atoms with E-state index in [0.29, 0.717) is 11.3 Å². The lowest BCUT2D eigenvalue weighted by molar-refractivity contribution is -0.118. The Hall–Kier alpha value is -1.41. The number of aliphatic hydroxyl groups is 2. The molecule has 0 amide bonds. The maximum atomic E-state index is 12.8. The van der Waals surface area contributed by atoms with E-state index in [0.717, 1.165) is 4.31 Å². The SMILES string of the molecule is CC1CC(=O)/C(=C\O)C(CO)N1S(=O)(=O)c1ccc(Cl)cc1. The first-order chi connectivity index (χ1) is 10.3. The van der Waals surface area contributed by atoms with Gasteiger partial charge in [-0.25, -0.2) is 8.42 Å². The van der Waals surface area contributed by atoms with Crippen LogP contribution in [0.1, 0.15) is 13.3 Å². The minimum absolute atomic E-state index is 0.00818. The smallest absolute Gasteiger partial charge is 0.243 e. The molecule has 1 aromatic rings. The molecule has 1 fully saturated rings. The second-order valence-corrected chi connectivity index (χ2v) is 7.33. The number of aliphatic hydroxyl groups excluding tert-OH is 2. The third kappa shape index (κ3) is 2.89. The molecule has 0 aromatic heterocycles. The van der Waals surface area contributed by atoms with Gasteiger partial charge in [0.2, 0.25) is 10.0 Å². The summed E-state index contributed by atoms with van der Waals surface area (Å²) in [5.74, 6) is -0.378. The highest BCUT2D eigenvalue weighted by Crippen LogP contribution is 2.31. The van der Waals surface area contributed by atoms with E-state index in [4.69, 9.17) is 11.6 Å². The first kappa shape index (κ1) is 17.0. The van der Waals surface area contributed by atoms with Crippen LogP contribution in [0.5, 0.6) is 0 Å². The second kappa shape index (κ2) is 6.37. The van der Waals surface area contributed by atoms with E-state index >= 15 is 0 Å². The number of hydrogen-bond donors (Lipinski definition) is 2. The standard InChI is InChI=1S/C14H16ClNO5S/c1-9-6-14(19)12(7-17)13(8-18)16(9)22(20,21)11-4-2-10(15)3-5-11/h2-5,7,9,13,17-18H,6,8H2,1H3/b12-7-. The fraction of sp³-hybridized carbons (Fsp3) is 0.357.